The van der Waals surface area contributed by atoms with Gasteiger partial charge in [0.05, 0.1) is 5.52 Å². The van der Waals surface area contributed by atoms with Crippen molar-refractivity contribution in [2.24, 2.45) is 0 Å². The fourth-order valence-corrected chi connectivity index (χ4v) is 2.69. The monoisotopic (exact) mass is 256 g/mol. The molecule has 4 heteroatoms. The van der Waals surface area contributed by atoms with E-state index in [0.717, 1.165) is 36.5 Å². The van der Waals surface area contributed by atoms with Gasteiger partial charge in [0, 0.05) is 30.7 Å². The minimum atomic E-state index is 0.654. The maximum atomic E-state index is 4.66. The van der Waals surface area contributed by atoms with E-state index in [1.807, 2.05) is 24.4 Å². The number of nitrogens with zero attached hydrogens (tertiary/aromatic N) is 3. The van der Waals surface area contributed by atoms with Gasteiger partial charge in [0.25, 0.3) is 0 Å². The molecule has 1 aliphatic rings. The normalized spacial score (nSPS) is 17.0. The molecular formula is C15H20N4. The molecular weight excluding hydrogens is 236 g/mol. The number of hydrogen-bond acceptors (Lipinski definition) is 4. The molecule has 0 amide bonds. The van der Waals surface area contributed by atoms with E-state index < -0.39 is 0 Å². The first-order valence-corrected chi connectivity index (χ1v) is 7.07. The highest BCUT2D eigenvalue weighted by Gasteiger charge is 2.20. The number of para-hydroxylation sites is 1. The standard InChI is InChI=1S/C15H20N4/c1-2-16-13-7-9-19(10-8-13)15-17-11-12-5-3-4-6-14(12)18-15/h3-6,11,13,16H,2,7-10H2,1H3. The van der Waals surface area contributed by atoms with Gasteiger partial charge in [-0.05, 0) is 25.5 Å². The molecule has 1 aromatic carbocycles. The molecule has 100 valence electrons. The van der Waals surface area contributed by atoms with Gasteiger partial charge in [-0.3, -0.25) is 0 Å². The molecule has 1 saturated heterocycles. The molecule has 2 heterocycles. The third-order valence-electron chi connectivity index (χ3n) is 3.75. The zero-order chi connectivity index (χ0) is 13.1. The number of anilines is 1. The molecule has 0 bridgehead atoms. The van der Waals surface area contributed by atoms with Crippen molar-refractivity contribution in [2.75, 3.05) is 24.5 Å². The Morgan fingerprint density at radius 3 is 2.84 bits per heavy atom. The molecule has 0 unspecified atom stereocenters. The second-order valence-electron chi connectivity index (χ2n) is 5.05. The van der Waals surface area contributed by atoms with E-state index in [9.17, 15) is 0 Å². The van der Waals surface area contributed by atoms with Crippen LogP contribution in [0.2, 0.25) is 0 Å². The highest BCUT2D eigenvalue weighted by atomic mass is 15.3. The summed E-state index contributed by atoms with van der Waals surface area (Å²) in [5, 5.41) is 4.62. The quantitative estimate of drug-likeness (QED) is 0.914. The fourth-order valence-electron chi connectivity index (χ4n) is 2.69. The predicted molar refractivity (Wildman–Crippen MR) is 78.4 cm³/mol. The van der Waals surface area contributed by atoms with Crippen LogP contribution in [0.15, 0.2) is 30.5 Å². The fraction of sp³-hybridized carbons (Fsp3) is 0.467. The summed E-state index contributed by atoms with van der Waals surface area (Å²) >= 11 is 0. The van der Waals surface area contributed by atoms with Crippen LogP contribution in [0.25, 0.3) is 10.9 Å². The van der Waals surface area contributed by atoms with Crippen LogP contribution in [0.1, 0.15) is 19.8 Å². The molecule has 3 rings (SSSR count). The Bertz CT molecular complexity index is 547. The van der Waals surface area contributed by atoms with Crippen LogP contribution in [0.5, 0.6) is 0 Å². The molecule has 1 N–H and O–H groups in total. The van der Waals surface area contributed by atoms with E-state index in [4.69, 9.17) is 0 Å². The van der Waals surface area contributed by atoms with Gasteiger partial charge in [-0.25, -0.2) is 9.97 Å². The average molecular weight is 256 g/mol. The van der Waals surface area contributed by atoms with Crippen molar-refractivity contribution in [2.45, 2.75) is 25.8 Å². The summed E-state index contributed by atoms with van der Waals surface area (Å²) in [4.78, 5) is 11.5. The zero-order valence-corrected chi connectivity index (χ0v) is 11.3. The van der Waals surface area contributed by atoms with Crippen LogP contribution >= 0.6 is 0 Å². The summed E-state index contributed by atoms with van der Waals surface area (Å²) in [6.07, 6.45) is 4.27. The zero-order valence-electron chi connectivity index (χ0n) is 11.3. The molecule has 0 aliphatic carbocycles. The van der Waals surface area contributed by atoms with E-state index in [1.165, 1.54) is 12.8 Å². The van der Waals surface area contributed by atoms with E-state index in [1.54, 1.807) is 0 Å². The van der Waals surface area contributed by atoms with E-state index in [2.05, 4.69) is 33.2 Å². The van der Waals surface area contributed by atoms with E-state index in [0.29, 0.717) is 6.04 Å². The van der Waals surface area contributed by atoms with Crippen LogP contribution in [-0.4, -0.2) is 35.6 Å². The summed E-state index contributed by atoms with van der Waals surface area (Å²) < 4.78 is 0. The van der Waals surface area contributed by atoms with Gasteiger partial charge in [-0.1, -0.05) is 25.1 Å². The maximum Gasteiger partial charge on any atom is 0.225 e. The van der Waals surface area contributed by atoms with Crippen molar-refractivity contribution in [1.29, 1.82) is 0 Å². The van der Waals surface area contributed by atoms with Gasteiger partial charge in [0.1, 0.15) is 0 Å². The Morgan fingerprint density at radius 2 is 2.05 bits per heavy atom. The molecule has 2 aromatic rings. The van der Waals surface area contributed by atoms with Gasteiger partial charge < -0.3 is 10.2 Å². The lowest BCUT2D eigenvalue weighted by molar-refractivity contribution is 0.421. The van der Waals surface area contributed by atoms with Crippen molar-refractivity contribution < 1.29 is 0 Å². The van der Waals surface area contributed by atoms with Crippen molar-refractivity contribution in [1.82, 2.24) is 15.3 Å². The Balaban J connectivity index is 1.74. The maximum absolute atomic E-state index is 4.66. The average Bonchev–Trinajstić information content (AvgIpc) is 2.48. The molecule has 0 saturated carbocycles. The first-order chi connectivity index (χ1) is 9.36. The Morgan fingerprint density at radius 1 is 1.26 bits per heavy atom. The van der Waals surface area contributed by atoms with Crippen LogP contribution in [0, 0.1) is 0 Å². The van der Waals surface area contributed by atoms with E-state index in [-0.39, 0.29) is 0 Å². The second kappa shape index (κ2) is 5.53. The number of rotatable bonds is 3. The van der Waals surface area contributed by atoms with Gasteiger partial charge in [-0.15, -0.1) is 0 Å². The molecule has 1 aliphatic heterocycles. The lowest BCUT2D eigenvalue weighted by Gasteiger charge is -2.32. The third kappa shape index (κ3) is 2.68. The minimum absolute atomic E-state index is 0.654. The first-order valence-electron chi connectivity index (χ1n) is 7.07. The highest BCUT2D eigenvalue weighted by Crippen LogP contribution is 2.18. The summed E-state index contributed by atoms with van der Waals surface area (Å²) in [7, 11) is 0. The highest BCUT2D eigenvalue weighted by molar-refractivity contribution is 5.78. The van der Waals surface area contributed by atoms with Crippen molar-refractivity contribution in [3.05, 3.63) is 30.5 Å². The Kier molecular flexibility index (Phi) is 3.60. The predicted octanol–water partition coefficient (Wildman–Crippen LogP) is 2.21. The van der Waals surface area contributed by atoms with Gasteiger partial charge >= 0.3 is 0 Å². The minimum Gasteiger partial charge on any atom is -0.341 e. The van der Waals surface area contributed by atoms with Gasteiger partial charge in [-0.2, -0.15) is 0 Å². The van der Waals surface area contributed by atoms with E-state index >= 15 is 0 Å². The van der Waals surface area contributed by atoms with Crippen molar-refractivity contribution in [3.63, 3.8) is 0 Å². The number of benzene rings is 1. The Labute approximate surface area is 113 Å². The van der Waals surface area contributed by atoms with Gasteiger partial charge in [0.15, 0.2) is 0 Å². The third-order valence-corrected chi connectivity index (χ3v) is 3.75. The molecule has 0 spiro atoms. The number of fused-ring (bicyclic) bond motifs is 1. The number of hydrogen-bond donors (Lipinski definition) is 1. The Hall–Kier alpha value is -1.68. The van der Waals surface area contributed by atoms with Crippen LogP contribution in [-0.2, 0) is 0 Å². The lowest BCUT2D eigenvalue weighted by atomic mass is 10.1. The molecule has 0 atom stereocenters. The van der Waals surface area contributed by atoms with Gasteiger partial charge in [0.2, 0.25) is 5.95 Å². The SMILES string of the molecule is CCNC1CCN(c2ncc3ccccc3n2)CC1. The lowest BCUT2D eigenvalue weighted by Crippen LogP contribution is -2.43. The number of piperidine rings is 1. The van der Waals surface area contributed by atoms with Crippen molar-refractivity contribution >= 4 is 16.9 Å². The summed E-state index contributed by atoms with van der Waals surface area (Å²) in [5.41, 5.74) is 1.03. The van der Waals surface area contributed by atoms with Crippen LogP contribution in [0.3, 0.4) is 0 Å². The first kappa shape index (κ1) is 12.4. The number of aromatic nitrogens is 2. The summed E-state index contributed by atoms with van der Waals surface area (Å²) in [5.74, 6) is 0.869. The molecule has 0 radical (unpaired) electrons. The molecule has 19 heavy (non-hydrogen) atoms. The molecule has 1 aromatic heterocycles. The second-order valence-corrected chi connectivity index (χ2v) is 5.05. The largest absolute Gasteiger partial charge is 0.341 e. The van der Waals surface area contributed by atoms with Crippen LogP contribution < -0.4 is 10.2 Å². The smallest absolute Gasteiger partial charge is 0.225 e. The molecule has 4 nitrogen and oxygen atoms in total. The van der Waals surface area contributed by atoms with Crippen LogP contribution in [0.4, 0.5) is 5.95 Å². The van der Waals surface area contributed by atoms with Crippen molar-refractivity contribution in [3.8, 4) is 0 Å². The summed E-state index contributed by atoms with van der Waals surface area (Å²) in [6.45, 7) is 5.29. The summed E-state index contributed by atoms with van der Waals surface area (Å²) in [6, 6.07) is 8.80. The number of nitrogens with one attached hydrogen (secondary N) is 1. The molecule has 1 fully saturated rings. The topological polar surface area (TPSA) is 41.0 Å².